The molecule has 0 saturated heterocycles. The summed E-state index contributed by atoms with van der Waals surface area (Å²) in [7, 11) is -3.78. The molecule has 3 N–H and O–H groups in total. The summed E-state index contributed by atoms with van der Waals surface area (Å²) in [6.45, 7) is 1.54. The smallest absolute Gasteiger partial charge is 0.265 e. The second-order valence-electron chi connectivity index (χ2n) is 4.77. The quantitative estimate of drug-likeness (QED) is 0.869. The number of carbonyl (C=O) groups excluding carboxylic acids is 1. The maximum atomic E-state index is 12.8. The van der Waals surface area contributed by atoms with Crippen molar-refractivity contribution >= 4 is 21.6 Å². The number of hydrogen-bond donors (Lipinski definition) is 2. The number of nitrogens with two attached hydrogens (primary N) is 1. The first kappa shape index (κ1) is 16.9. The van der Waals surface area contributed by atoms with Crippen molar-refractivity contribution in [2.75, 3.05) is 5.32 Å². The van der Waals surface area contributed by atoms with E-state index in [4.69, 9.17) is 9.88 Å². The molecule has 0 aliphatic carbocycles. The molecule has 122 valence electrons. The van der Waals surface area contributed by atoms with E-state index in [9.17, 15) is 17.6 Å². The summed E-state index contributed by atoms with van der Waals surface area (Å²) in [5.74, 6) is -0.472. The van der Waals surface area contributed by atoms with Gasteiger partial charge in [-0.3, -0.25) is 4.79 Å². The zero-order chi connectivity index (χ0) is 17.0. The third-order valence-corrected chi connectivity index (χ3v) is 3.88. The molecule has 2 rings (SSSR count). The molecule has 1 unspecified atom stereocenters. The molecule has 0 bridgehead atoms. The summed E-state index contributed by atoms with van der Waals surface area (Å²) < 4.78 is 40.5. The van der Waals surface area contributed by atoms with E-state index in [1.807, 2.05) is 0 Å². The topological polar surface area (TPSA) is 98.5 Å². The minimum Gasteiger partial charge on any atom is -0.481 e. The molecule has 2 aromatic rings. The Labute approximate surface area is 133 Å². The van der Waals surface area contributed by atoms with Gasteiger partial charge in [-0.15, -0.1) is 0 Å². The molecule has 0 fully saturated rings. The van der Waals surface area contributed by atoms with Gasteiger partial charge in [0, 0.05) is 5.69 Å². The Kier molecular flexibility index (Phi) is 4.97. The van der Waals surface area contributed by atoms with E-state index in [0.717, 1.165) is 0 Å². The van der Waals surface area contributed by atoms with Gasteiger partial charge in [-0.1, -0.05) is 0 Å². The predicted octanol–water partition coefficient (Wildman–Crippen LogP) is 1.88. The van der Waals surface area contributed by atoms with Crippen LogP contribution in [0.1, 0.15) is 6.92 Å². The number of primary sulfonamides is 1. The van der Waals surface area contributed by atoms with Gasteiger partial charge in [-0.25, -0.2) is 17.9 Å². The van der Waals surface area contributed by atoms with Gasteiger partial charge in [0.2, 0.25) is 10.0 Å². The molecule has 0 aromatic heterocycles. The average Bonchev–Trinajstić information content (AvgIpc) is 2.49. The van der Waals surface area contributed by atoms with Crippen LogP contribution in [0.25, 0.3) is 0 Å². The van der Waals surface area contributed by atoms with Crippen LogP contribution in [0.15, 0.2) is 53.4 Å². The second kappa shape index (κ2) is 6.76. The fraction of sp³-hybridized carbons (Fsp3) is 0.133. The Balaban J connectivity index is 1.99. The van der Waals surface area contributed by atoms with Crippen molar-refractivity contribution in [3.05, 3.63) is 54.3 Å². The fourth-order valence-corrected chi connectivity index (χ4v) is 2.26. The van der Waals surface area contributed by atoms with Gasteiger partial charge in [-0.05, 0) is 55.5 Å². The van der Waals surface area contributed by atoms with Gasteiger partial charge in [-0.2, -0.15) is 0 Å². The van der Waals surface area contributed by atoms with Crippen molar-refractivity contribution in [2.24, 2.45) is 5.14 Å². The van der Waals surface area contributed by atoms with Crippen LogP contribution >= 0.6 is 0 Å². The van der Waals surface area contributed by atoms with Gasteiger partial charge >= 0.3 is 0 Å². The third kappa shape index (κ3) is 4.76. The van der Waals surface area contributed by atoms with Crippen LogP contribution in [-0.4, -0.2) is 20.4 Å². The third-order valence-electron chi connectivity index (χ3n) is 2.95. The normalized spacial score (nSPS) is 12.5. The number of hydrogen-bond acceptors (Lipinski definition) is 4. The summed E-state index contributed by atoms with van der Waals surface area (Å²) >= 11 is 0. The van der Waals surface area contributed by atoms with E-state index in [1.54, 1.807) is 0 Å². The number of carbonyl (C=O) groups is 1. The first-order valence-corrected chi connectivity index (χ1v) is 8.16. The molecule has 6 nitrogen and oxygen atoms in total. The highest BCUT2D eigenvalue weighted by Crippen LogP contribution is 2.15. The van der Waals surface area contributed by atoms with Crippen molar-refractivity contribution < 1.29 is 22.3 Å². The fourth-order valence-electron chi connectivity index (χ4n) is 1.74. The SMILES string of the molecule is CC(Oc1ccc(F)cc1)C(=O)Nc1ccc(S(N)(=O)=O)cc1. The molecule has 1 atom stereocenters. The first-order chi connectivity index (χ1) is 10.8. The molecule has 2 aromatic carbocycles. The first-order valence-electron chi connectivity index (χ1n) is 6.61. The second-order valence-corrected chi connectivity index (χ2v) is 6.33. The predicted molar refractivity (Wildman–Crippen MR) is 82.9 cm³/mol. The van der Waals surface area contributed by atoms with Crippen LogP contribution in [0, 0.1) is 5.82 Å². The van der Waals surface area contributed by atoms with Gasteiger partial charge in [0.05, 0.1) is 4.90 Å². The lowest BCUT2D eigenvalue weighted by Gasteiger charge is -2.14. The standard InChI is InChI=1S/C15H15FN2O4S/c1-10(22-13-6-2-11(16)3-7-13)15(19)18-12-4-8-14(9-5-12)23(17,20)21/h2-10H,1H3,(H,18,19)(H2,17,20,21). The number of rotatable bonds is 5. The molecule has 0 saturated carbocycles. The lowest BCUT2D eigenvalue weighted by Crippen LogP contribution is -2.30. The number of benzene rings is 2. The number of halogens is 1. The van der Waals surface area contributed by atoms with Crippen LogP contribution in [0.3, 0.4) is 0 Å². The van der Waals surface area contributed by atoms with E-state index in [2.05, 4.69) is 5.32 Å². The minimum absolute atomic E-state index is 0.0499. The number of anilines is 1. The summed E-state index contributed by atoms with van der Waals surface area (Å²) in [5.41, 5.74) is 0.400. The lowest BCUT2D eigenvalue weighted by molar-refractivity contribution is -0.122. The Morgan fingerprint density at radius 3 is 2.22 bits per heavy atom. The Bertz CT molecular complexity index is 789. The maximum Gasteiger partial charge on any atom is 0.265 e. The molecule has 0 aliphatic heterocycles. The number of nitrogens with one attached hydrogen (secondary N) is 1. The van der Waals surface area contributed by atoms with Crippen LogP contribution in [0.5, 0.6) is 5.75 Å². The largest absolute Gasteiger partial charge is 0.481 e. The van der Waals surface area contributed by atoms with E-state index in [-0.39, 0.29) is 4.90 Å². The molecular formula is C15H15FN2O4S. The van der Waals surface area contributed by atoms with Gasteiger partial charge < -0.3 is 10.1 Å². The monoisotopic (exact) mass is 338 g/mol. The van der Waals surface area contributed by atoms with Crippen molar-refractivity contribution in [1.29, 1.82) is 0 Å². The summed E-state index contributed by atoms with van der Waals surface area (Å²) in [6, 6.07) is 10.7. The van der Waals surface area contributed by atoms with E-state index >= 15 is 0 Å². The molecule has 0 heterocycles. The molecule has 8 heteroatoms. The summed E-state index contributed by atoms with van der Waals surface area (Å²) in [4.78, 5) is 12.0. The van der Waals surface area contributed by atoms with Crippen LogP contribution in [0.2, 0.25) is 0 Å². The molecular weight excluding hydrogens is 323 g/mol. The van der Waals surface area contributed by atoms with Crippen molar-refractivity contribution in [3.63, 3.8) is 0 Å². The average molecular weight is 338 g/mol. The minimum atomic E-state index is -3.78. The highest BCUT2D eigenvalue weighted by Gasteiger charge is 2.15. The Hall–Kier alpha value is -2.45. The maximum absolute atomic E-state index is 12.8. The molecule has 0 aliphatic rings. The van der Waals surface area contributed by atoms with E-state index in [1.165, 1.54) is 55.5 Å². The van der Waals surface area contributed by atoms with E-state index in [0.29, 0.717) is 11.4 Å². The zero-order valence-corrected chi connectivity index (χ0v) is 13.0. The summed E-state index contributed by atoms with van der Waals surface area (Å²) in [6.07, 6.45) is -0.821. The molecule has 1 amide bonds. The van der Waals surface area contributed by atoms with Gasteiger partial charge in [0.15, 0.2) is 6.10 Å². The molecule has 0 radical (unpaired) electrons. The summed E-state index contributed by atoms with van der Waals surface area (Å²) in [5, 5.41) is 7.57. The number of ether oxygens (including phenoxy) is 1. The van der Waals surface area contributed by atoms with Crippen LogP contribution in [-0.2, 0) is 14.8 Å². The van der Waals surface area contributed by atoms with Gasteiger partial charge in [0.1, 0.15) is 11.6 Å². The van der Waals surface area contributed by atoms with Crippen molar-refractivity contribution in [1.82, 2.24) is 0 Å². The van der Waals surface area contributed by atoms with Crippen molar-refractivity contribution in [2.45, 2.75) is 17.9 Å². The van der Waals surface area contributed by atoms with Crippen molar-refractivity contribution in [3.8, 4) is 5.75 Å². The highest BCUT2D eigenvalue weighted by atomic mass is 32.2. The Morgan fingerprint density at radius 1 is 1.13 bits per heavy atom. The Morgan fingerprint density at radius 2 is 1.70 bits per heavy atom. The lowest BCUT2D eigenvalue weighted by atomic mass is 10.3. The van der Waals surface area contributed by atoms with Gasteiger partial charge in [0.25, 0.3) is 5.91 Å². The highest BCUT2D eigenvalue weighted by molar-refractivity contribution is 7.89. The zero-order valence-electron chi connectivity index (χ0n) is 12.2. The van der Waals surface area contributed by atoms with Crippen LogP contribution in [0.4, 0.5) is 10.1 Å². The number of sulfonamides is 1. The number of amides is 1. The van der Waals surface area contributed by atoms with E-state index < -0.39 is 27.9 Å². The molecule has 0 spiro atoms. The molecule has 23 heavy (non-hydrogen) atoms. The van der Waals surface area contributed by atoms with Crippen LogP contribution < -0.4 is 15.2 Å².